The highest BCUT2D eigenvalue weighted by atomic mass is 35.6. The van der Waals surface area contributed by atoms with Crippen LogP contribution in [-0.2, 0) is 0 Å². The van der Waals surface area contributed by atoms with Gasteiger partial charge in [0.15, 0.2) is 13.0 Å². The van der Waals surface area contributed by atoms with E-state index in [4.69, 9.17) is 128 Å². The van der Waals surface area contributed by atoms with E-state index in [0.29, 0.717) is 0 Å². The average molecular weight is 533 g/mol. The van der Waals surface area contributed by atoms with Gasteiger partial charge in [-0.15, -0.1) is 0 Å². The van der Waals surface area contributed by atoms with Crippen molar-refractivity contribution in [3.05, 3.63) is 0 Å². The highest BCUT2D eigenvalue weighted by molar-refractivity contribution is 6.80. The second kappa shape index (κ2) is 6.95. The molecule has 0 aromatic rings. The molecule has 0 rings (SSSR count). The zero-order chi connectivity index (χ0) is 17.7. The molecule has 128 valence electrons. The lowest BCUT2D eigenvalue weighted by Crippen LogP contribution is -2.58. The van der Waals surface area contributed by atoms with Gasteiger partial charge in [-0.2, -0.15) is 13.2 Å². The van der Waals surface area contributed by atoms with Crippen molar-refractivity contribution in [1.29, 1.82) is 0 Å². The topological polar surface area (TPSA) is 0 Å². The first-order chi connectivity index (χ1) is 8.71. The normalized spacial score (nSPS) is 16.3. The molecule has 0 aliphatic carbocycles. The van der Waals surface area contributed by atoms with E-state index in [0.717, 1.165) is 0 Å². The smallest absolute Gasteiger partial charge is 0.168 e. The van der Waals surface area contributed by atoms with Crippen LogP contribution in [-0.4, -0.2) is 27.3 Å². The maximum absolute atomic E-state index is 12.7. The third kappa shape index (κ3) is 5.00. The summed E-state index contributed by atoms with van der Waals surface area (Å²) in [5.74, 6) is 0. The lowest BCUT2D eigenvalue weighted by molar-refractivity contribution is -0.143. The molecule has 14 heteroatoms. The Bertz CT molecular complexity index is 380. The minimum atomic E-state index is -5.11. The summed E-state index contributed by atoms with van der Waals surface area (Å²) in [6.07, 6.45) is -6.54. The van der Waals surface area contributed by atoms with Crippen molar-refractivity contribution in [2.75, 3.05) is 0 Å². The molecule has 0 radical (unpaired) electrons. The van der Waals surface area contributed by atoms with E-state index >= 15 is 0 Å². The SMILES string of the molecule is FC(F)(F)C(Cl)(Cl)CC(Cl)(Cl)C(Cl)(Cl)C(Cl)(Cl)C(Cl)(Cl)Cl. The van der Waals surface area contributed by atoms with E-state index in [1.165, 1.54) is 0 Å². The molecule has 0 bridgehead atoms. The Morgan fingerprint density at radius 2 is 0.857 bits per heavy atom. The van der Waals surface area contributed by atoms with Gasteiger partial charge in [0, 0.05) is 6.42 Å². The average Bonchev–Trinajstić information content (AvgIpc) is 2.11. The predicted octanol–water partition coefficient (Wildman–Crippen LogP) is 8.00. The van der Waals surface area contributed by atoms with E-state index in [2.05, 4.69) is 0 Å². The van der Waals surface area contributed by atoms with Crippen molar-refractivity contribution in [1.82, 2.24) is 0 Å². The quantitative estimate of drug-likeness (QED) is 0.322. The first-order valence-electron chi connectivity index (χ1n) is 4.35. The van der Waals surface area contributed by atoms with Crippen LogP contribution in [0.4, 0.5) is 13.2 Å². The monoisotopic (exact) mass is 528 g/mol. The van der Waals surface area contributed by atoms with E-state index in [9.17, 15) is 13.2 Å². The molecule has 0 heterocycles. The Morgan fingerprint density at radius 1 is 0.524 bits per heavy atom. The maximum Gasteiger partial charge on any atom is 0.421 e. The molecule has 0 atom stereocenters. The van der Waals surface area contributed by atoms with Gasteiger partial charge in [-0.05, 0) is 0 Å². The minimum Gasteiger partial charge on any atom is -0.168 e. The summed E-state index contributed by atoms with van der Waals surface area (Å²) in [5.41, 5.74) is 0. The molecule has 0 nitrogen and oxygen atoms in total. The van der Waals surface area contributed by atoms with Crippen molar-refractivity contribution in [3.8, 4) is 0 Å². The molecular formula is C7H2Cl11F3. The lowest BCUT2D eigenvalue weighted by atomic mass is 10.1. The fourth-order valence-electron chi connectivity index (χ4n) is 0.898. The molecule has 0 amide bonds. The number of rotatable bonds is 4. The molecule has 0 aromatic heterocycles. The van der Waals surface area contributed by atoms with Crippen LogP contribution >= 0.6 is 128 Å². The Hall–Kier alpha value is 2.98. The van der Waals surface area contributed by atoms with Crippen LogP contribution in [0.5, 0.6) is 0 Å². The second-order valence-electron chi connectivity index (χ2n) is 3.73. The van der Waals surface area contributed by atoms with Crippen molar-refractivity contribution < 1.29 is 13.2 Å². The molecule has 0 unspecified atom stereocenters. The summed E-state index contributed by atoms with van der Waals surface area (Å²) in [7, 11) is 0. The van der Waals surface area contributed by atoms with Crippen LogP contribution in [0.2, 0.25) is 0 Å². The van der Waals surface area contributed by atoms with Gasteiger partial charge < -0.3 is 0 Å². The molecular weight excluding hydrogens is 531 g/mol. The highest BCUT2D eigenvalue weighted by Gasteiger charge is 2.70. The van der Waals surface area contributed by atoms with Crippen LogP contribution in [0.1, 0.15) is 6.42 Å². The first kappa shape index (κ1) is 24.0. The summed E-state index contributed by atoms with van der Waals surface area (Å²) in [5, 5.41) is 0. The van der Waals surface area contributed by atoms with Crippen LogP contribution < -0.4 is 0 Å². The van der Waals surface area contributed by atoms with Crippen molar-refractivity contribution in [2.45, 2.75) is 33.7 Å². The van der Waals surface area contributed by atoms with Crippen LogP contribution in [0.3, 0.4) is 0 Å². The van der Waals surface area contributed by atoms with E-state index < -0.39 is 33.7 Å². The van der Waals surface area contributed by atoms with E-state index in [1.807, 2.05) is 0 Å². The van der Waals surface area contributed by atoms with Crippen molar-refractivity contribution in [3.63, 3.8) is 0 Å². The fraction of sp³-hybridized carbons (Fsp3) is 1.00. The second-order valence-corrected chi connectivity index (χ2v) is 11.6. The van der Waals surface area contributed by atoms with Gasteiger partial charge in [0.05, 0.1) is 0 Å². The number of hydrogen-bond acceptors (Lipinski definition) is 0. The molecule has 0 fully saturated rings. The van der Waals surface area contributed by atoms with Crippen molar-refractivity contribution >= 4 is 128 Å². The fourth-order valence-corrected chi connectivity index (χ4v) is 3.91. The Morgan fingerprint density at radius 3 is 1.10 bits per heavy atom. The molecule has 0 saturated carbocycles. The van der Waals surface area contributed by atoms with Crippen LogP contribution in [0.15, 0.2) is 0 Å². The molecule has 0 aliphatic rings. The van der Waals surface area contributed by atoms with Gasteiger partial charge in [0.2, 0.25) is 8.13 Å². The van der Waals surface area contributed by atoms with Gasteiger partial charge >= 0.3 is 6.18 Å². The standard InChI is InChI=1S/C7H2Cl11F3/c8-2(9,1-3(10,11)7(19,20)21)4(12,13)5(14,15)6(16,17)18/h1H2. The Kier molecular flexibility index (Phi) is 7.93. The zero-order valence-electron chi connectivity index (χ0n) is 9.00. The molecule has 0 spiro atoms. The summed E-state index contributed by atoms with van der Waals surface area (Å²) in [6.45, 7) is 0. The van der Waals surface area contributed by atoms with Gasteiger partial charge in [-0.25, -0.2) is 0 Å². The summed E-state index contributed by atoms with van der Waals surface area (Å²) < 4.78 is 23.8. The Labute approximate surface area is 173 Å². The largest absolute Gasteiger partial charge is 0.421 e. The first-order valence-corrected chi connectivity index (χ1v) is 8.51. The third-order valence-electron chi connectivity index (χ3n) is 2.07. The van der Waals surface area contributed by atoms with E-state index in [1.54, 1.807) is 0 Å². The third-order valence-corrected chi connectivity index (χ3v) is 8.15. The Balaban J connectivity index is 5.71. The predicted molar refractivity (Wildman–Crippen MR) is 88.7 cm³/mol. The number of alkyl halides is 14. The molecule has 21 heavy (non-hydrogen) atoms. The highest BCUT2D eigenvalue weighted by Crippen LogP contribution is 2.65. The number of halogens is 14. The van der Waals surface area contributed by atoms with Gasteiger partial charge in [-0.1, -0.05) is 128 Å². The summed E-state index contributed by atoms with van der Waals surface area (Å²) >= 11 is 61.0. The zero-order valence-corrected chi connectivity index (χ0v) is 17.3. The summed E-state index contributed by atoms with van der Waals surface area (Å²) in [4.78, 5) is 0. The van der Waals surface area contributed by atoms with Gasteiger partial charge in [0.25, 0.3) is 0 Å². The summed E-state index contributed by atoms with van der Waals surface area (Å²) in [6, 6.07) is 0. The van der Waals surface area contributed by atoms with Crippen LogP contribution in [0.25, 0.3) is 0 Å². The van der Waals surface area contributed by atoms with Crippen molar-refractivity contribution in [2.24, 2.45) is 0 Å². The lowest BCUT2D eigenvalue weighted by Gasteiger charge is -2.45. The molecule has 0 aliphatic heterocycles. The van der Waals surface area contributed by atoms with Gasteiger partial charge in [0.1, 0.15) is 0 Å². The molecule has 0 saturated heterocycles. The maximum atomic E-state index is 12.7. The molecule has 0 aromatic carbocycles. The van der Waals surface area contributed by atoms with E-state index in [-0.39, 0.29) is 0 Å². The minimum absolute atomic E-state index is 1.43. The van der Waals surface area contributed by atoms with Crippen LogP contribution in [0, 0.1) is 0 Å². The number of hydrogen-bond donors (Lipinski definition) is 0. The molecule has 0 N–H and O–H groups in total. The van der Waals surface area contributed by atoms with Gasteiger partial charge in [-0.3, -0.25) is 0 Å².